The third-order valence-corrected chi connectivity index (χ3v) is 5.02. The molecule has 1 aromatic rings. The number of nitrogens with one attached hydrogen (secondary N) is 1. The predicted molar refractivity (Wildman–Crippen MR) is 88.1 cm³/mol. The second-order valence-electron chi connectivity index (χ2n) is 6.22. The number of fused-ring (bicyclic) bond motifs is 2. The van der Waals surface area contributed by atoms with Crippen LogP contribution in [0.1, 0.15) is 11.1 Å². The number of amides is 2. The molecule has 5 N–H and O–H groups in total. The fourth-order valence-corrected chi connectivity index (χ4v) is 3.84. The predicted octanol–water partition coefficient (Wildman–Crippen LogP) is -0.259. The molecule has 24 heavy (non-hydrogen) atoms. The quantitative estimate of drug-likeness (QED) is 0.711. The van der Waals surface area contributed by atoms with E-state index in [9.17, 15) is 9.59 Å². The number of primary amides is 2. The van der Waals surface area contributed by atoms with Gasteiger partial charge in [0.25, 0.3) is 5.91 Å². The van der Waals surface area contributed by atoms with Gasteiger partial charge in [-0.3, -0.25) is 14.6 Å². The minimum Gasteiger partial charge on any atom is -0.367 e. The van der Waals surface area contributed by atoms with Crippen LogP contribution in [0.4, 0.5) is 0 Å². The largest absolute Gasteiger partial charge is 0.367 e. The molecule has 2 aliphatic heterocycles. The summed E-state index contributed by atoms with van der Waals surface area (Å²) in [7, 11) is 0. The first-order valence-electron chi connectivity index (χ1n) is 7.73. The van der Waals surface area contributed by atoms with Crippen molar-refractivity contribution in [3.63, 3.8) is 0 Å². The Labute approximate surface area is 138 Å². The minimum absolute atomic E-state index is 0.0673. The SMILES string of the molecule is NC(=O)C1=CNN2C1=NC=CC2(C(N)=O)C1Cc2ccccc2C1. The average molecular weight is 323 g/mol. The lowest BCUT2D eigenvalue weighted by molar-refractivity contribution is -0.129. The lowest BCUT2D eigenvalue weighted by atomic mass is 9.79. The molecular weight excluding hydrogens is 306 g/mol. The minimum atomic E-state index is -1.11. The molecule has 2 heterocycles. The van der Waals surface area contributed by atoms with Crippen LogP contribution >= 0.6 is 0 Å². The highest BCUT2D eigenvalue weighted by Crippen LogP contribution is 2.40. The zero-order valence-corrected chi connectivity index (χ0v) is 12.9. The van der Waals surface area contributed by atoms with Crippen molar-refractivity contribution in [1.82, 2.24) is 10.4 Å². The number of hydrogen-bond donors (Lipinski definition) is 3. The number of benzene rings is 1. The van der Waals surface area contributed by atoms with E-state index in [0.717, 1.165) is 12.8 Å². The number of aliphatic imine (C=N–C) groups is 1. The first-order valence-corrected chi connectivity index (χ1v) is 7.73. The Hall–Kier alpha value is -3.09. The summed E-state index contributed by atoms with van der Waals surface area (Å²) in [6, 6.07) is 8.11. The number of carbonyl (C=O) groups is 2. The lowest BCUT2D eigenvalue weighted by Crippen LogP contribution is -2.65. The van der Waals surface area contributed by atoms with E-state index in [2.05, 4.69) is 22.6 Å². The number of rotatable bonds is 3. The first-order chi connectivity index (χ1) is 11.5. The molecule has 0 radical (unpaired) electrons. The zero-order valence-electron chi connectivity index (χ0n) is 12.9. The van der Waals surface area contributed by atoms with E-state index >= 15 is 0 Å². The van der Waals surface area contributed by atoms with E-state index in [-0.39, 0.29) is 11.5 Å². The molecule has 4 rings (SSSR count). The van der Waals surface area contributed by atoms with Crippen LogP contribution in [0.3, 0.4) is 0 Å². The first kappa shape index (κ1) is 14.5. The van der Waals surface area contributed by atoms with Crippen LogP contribution in [-0.4, -0.2) is 28.2 Å². The molecule has 0 aromatic heterocycles. The van der Waals surface area contributed by atoms with Gasteiger partial charge in [-0.2, -0.15) is 0 Å². The Balaban J connectivity index is 1.75. The Morgan fingerprint density at radius 3 is 2.46 bits per heavy atom. The van der Waals surface area contributed by atoms with Crippen molar-refractivity contribution in [3.05, 3.63) is 59.4 Å². The fraction of sp³-hybridized carbons (Fsp3) is 0.235. The molecule has 7 heteroatoms. The summed E-state index contributed by atoms with van der Waals surface area (Å²) in [5, 5.41) is 1.58. The van der Waals surface area contributed by atoms with Crippen molar-refractivity contribution >= 4 is 17.6 Å². The maximum absolute atomic E-state index is 12.5. The van der Waals surface area contributed by atoms with Crippen LogP contribution in [0, 0.1) is 5.92 Å². The second-order valence-corrected chi connectivity index (χ2v) is 6.22. The van der Waals surface area contributed by atoms with Crippen molar-refractivity contribution in [1.29, 1.82) is 0 Å². The Morgan fingerprint density at radius 2 is 1.88 bits per heavy atom. The van der Waals surface area contributed by atoms with Gasteiger partial charge in [0.15, 0.2) is 11.4 Å². The van der Waals surface area contributed by atoms with Gasteiger partial charge in [0.2, 0.25) is 5.91 Å². The van der Waals surface area contributed by atoms with Gasteiger partial charge in [0.05, 0.1) is 0 Å². The van der Waals surface area contributed by atoms with Gasteiger partial charge in [-0.05, 0) is 30.0 Å². The molecule has 7 nitrogen and oxygen atoms in total. The molecule has 0 spiro atoms. The molecule has 1 aliphatic carbocycles. The Kier molecular flexibility index (Phi) is 2.99. The highest BCUT2D eigenvalue weighted by Gasteiger charge is 2.53. The van der Waals surface area contributed by atoms with Crippen molar-refractivity contribution < 1.29 is 9.59 Å². The molecule has 2 amide bonds. The maximum Gasteiger partial charge on any atom is 0.254 e. The summed E-state index contributed by atoms with van der Waals surface area (Å²) in [6.45, 7) is 0. The third kappa shape index (κ3) is 1.81. The van der Waals surface area contributed by atoms with Crippen LogP contribution in [0.2, 0.25) is 0 Å². The van der Waals surface area contributed by atoms with Crippen LogP contribution in [0.15, 0.2) is 53.3 Å². The van der Waals surface area contributed by atoms with Gasteiger partial charge in [-0.15, -0.1) is 0 Å². The number of amidine groups is 1. The standard InChI is InChI=1S/C17H17N5O2/c18-14(23)13-9-21-22-15(13)20-6-5-17(22,16(19)24)12-7-10-3-1-2-4-11(10)8-12/h1-6,9,12,21H,7-8H2,(H2,18,23)(H2,19,24). The molecule has 122 valence electrons. The molecule has 3 aliphatic rings. The van der Waals surface area contributed by atoms with E-state index in [1.165, 1.54) is 23.5 Å². The Bertz CT molecular complexity index is 816. The van der Waals surface area contributed by atoms with E-state index in [0.29, 0.717) is 5.84 Å². The summed E-state index contributed by atoms with van der Waals surface area (Å²) in [5.74, 6) is -0.829. The maximum atomic E-state index is 12.5. The van der Waals surface area contributed by atoms with Crippen LogP contribution in [0.25, 0.3) is 0 Å². The van der Waals surface area contributed by atoms with E-state index in [4.69, 9.17) is 11.5 Å². The summed E-state index contributed by atoms with van der Waals surface area (Å²) in [4.78, 5) is 28.3. The summed E-state index contributed by atoms with van der Waals surface area (Å²) in [5.41, 5.74) is 15.7. The lowest BCUT2D eigenvalue weighted by Gasteiger charge is -2.43. The average Bonchev–Trinajstić information content (AvgIpc) is 3.18. The zero-order chi connectivity index (χ0) is 16.9. The van der Waals surface area contributed by atoms with Crippen molar-refractivity contribution in [2.75, 3.05) is 0 Å². The van der Waals surface area contributed by atoms with Gasteiger partial charge < -0.3 is 16.9 Å². The molecule has 1 atom stereocenters. The van der Waals surface area contributed by atoms with Crippen LogP contribution in [0.5, 0.6) is 0 Å². The van der Waals surface area contributed by atoms with Crippen molar-refractivity contribution in [3.8, 4) is 0 Å². The summed E-state index contributed by atoms with van der Waals surface area (Å²) >= 11 is 0. The topological polar surface area (TPSA) is 114 Å². The van der Waals surface area contributed by atoms with Crippen LogP contribution in [-0.2, 0) is 22.4 Å². The van der Waals surface area contributed by atoms with E-state index in [1.807, 2.05) is 12.1 Å². The fourth-order valence-electron chi connectivity index (χ4n) is 3.84. The number of nitrogens with two attached hydrogens (primary N) is 2. The molecule has 0 saturated heterocycles. The van der Waals surface area contributed by atoms with Crippen molar-refractivity contribution in [2.45, 2.75) is 18.4 Å². The highest BCUT2D eigenvalue weighted by atomic mass is 16.2. The normalized spacial score (nSPS) is 24.8. The van der Waals surface area contributed by atoms with Gasteiger partial charge in [0.1, 0.15) is 5.57 Å². The molecule has 0 bridgehead atoms. The number of nitrogens with zero attached hydrogens (tertiary/aromatic N) is 2. The Morgan fingerprint density at radius 1 is 1.21 bits per heavy atom. The summed E-state index contributed by atoms with van der Waals surface area (Å²) < 4.78 is 0. The van der Waals surface area contributed by atoms with E-state index in [1.54, 1.807) is 11.1 Å². The highest BCUT2D eigenvalue weighted by molar-refractivity contribution is 6.22. The van der Waals surface area contributed by atoms with Gasteiger partial charge in [0, 0.05) is 18.3 Å². The third-order valence-electron chi connectivity index (χ3n) is 5.02. The molecular formula is C17H17N5O2. The molecule has 0 fully saturated rings. The number of hydrogen-bond acceptors (Lipinski definition) is 5. The smallest absolute Gasteiger partial charge is 0.254 e. The van der Waals surface area contributed by atoms with Gasteiger partial charge in [-0.25, -0.2) is 4.99 Å². The number of carbonyl (C=O) groups excluding carboxylic acids is 2. The molecule has 1 aromatic carbocycles. The van der Waals surface area contributed by atoms with Crippen molar-refractivity contribution in [2.24, 2.45) is 22.4 Å². The van der Waals surface area contributed by atoms with E-state index < -0.39 is 17.4 Å². The summed E-state index contributed by atoms with van der Waals surface area (Å²) in [6.07, 6.45) is 6.15. The van der Waals surface area contributed by atoms with Gasteiger partial charge >= 0.3 is 0 Å². The van der Waals surface area contributed by atoms with Crippen LogP contribution < -0.4 is 16.9 Å². The monoisotopic (exact) mass is 323 g/mol. The second kappa shape index (κ2) is 4.95. The molecule has 0 saturated carbocycles. The number of hydrazine groups is 1. The van der Waals surface area contributed by atoms with Gasteiger partial charge in [-0.1, -0.05) is 24.3 Å². The molecule has 1 unspecified atom stereocenters.